The van der Waals surface area contributed by atoms with Gasteiger partial charge >= 0.3 is 5.97 Å². The molecule has 1 unspecified atom stereocenters. The number of thiazole rings is 1. The molecule has 10 heteroatoms. The first-order valence-corrected chi connectivity index (χ1v) is 13.9. The predicted octanol–water partition coefficient (Wildman–Crippen LogP) is 3.95. The van der Waals surface area contributed by atoms with E-state index in [9.17, 15) is 14.7 Å². The first-order chi connectivity index (χ1) is 19.2. The molecule has 0 saturated carbocycles. The van der Waals surface area contributed by atoms with Crippen LogP contribution in [0, 0.1) is 5.92 Å². The number of benzene rings is 2. The molecule has 0 radical (unpaired) electrons. The van der Waals surface area contributed by atoms with Gasteiger partial charge in [-0.1, -0.05) is 37.3 Å². The van der Waals surface area contributed by atoms with Gasteiger partial charge in [0.2, 0.25) is 0 Å². The average molecular weight is 567 g/mol. The van der Waals surface area contributed by atoms with Crippen LogP contribution in [0.25, 0.3) is 6.08 Å². The largest absolute Gasteiger partial charge is 0.504 e. The number of fused-ring (bicyclic) bond motifs is 1. The molecular formula is C30H34N2O7S. The Hall–Kier alpha value is -4.05. The molecule has 0 aliphatic carbocycles. The van der Waals surface area contributed by atoms with Crippen molar-refractivity contribution in [3.05, 3.63) is 78.5 Å². The summed E-state index contributed by atoms with van der Waals surface area (Å²) in [5, 5.41) is 9.95. The molecule has 1 aliphatic rings. The number of carbonyl (C=O) groups excluding carboxylic acids is 1. The summed E-state index contributed by atoms with van der Waals surface area (Å²) < 4.78 is 24.1. The summed E-state index contributed by atoms with van der Waals surface area (Å²) in [6.07, 6.45) is 2.60. The van der Waals surface area contributed by atoms with Gasteiger partial charge in [-0.3, -0.25) is 9.36 Å². The molecule has 1 atom stereocenters. The van der Waals surface area contributed by atoms with Crippen LogP contribution in [0.3, 0.4) is 0 Å². The van der Waals surface area contributed by atoms with Crippen LogP contribution in [0.4, 0.5) is 0 Å². The molecule has 0 fully saturated rings. The van der Waals surface area contributed by atoms with Gasteiger partial charge in [0, 0.05) is 0 Å². The zero-order valence-corrected chi connectivity index (χ0v) is 24.3. The minimum atomic E-state index is -0.787. The van der Waals surface area contributed by atoms with Crippen LogP contribution in [0.2, 0.25) is 0 Å². The molecule has 9 nitrogen and oxygen atoms in total. The second kappa shape index (κ2) is 12.4. The van der Waals surface area contributed by atoms with E-state index >= 15 is 0 Å². The van der Waals surface area contributed by atoms with Crippen molar-refractivity contribution in [2.75, 3.05) is 27.4 Å². The van der Waals surface area contributed by atoms with E-state index in [-0.39, 0.29) is 23.5 Å². The van der Waals surface area contributed by atoms with E-state index in [2.05, 4.69) is 18.8 Å². The van der Waals surface area contributed by atoms with Crippen molar-refractivity contribution in [2.45, 2.75) is 40.2 Å². The molecule has 212 valence electrons. The van der Waals surface area contributed by atoms with Crippen LogP contribution in [0.5, 0.6) is 23.0 Å². The highest BCUT2D eigenvalue weighted by Gasteiger charge is 2.34. The Morgan fingerprint density at radius 1 is 1.12 bits per heavy atom. The van der Waals surface area contributed by atoms with Gasteiger partial charge in [0.25, 0.3) is 5.56 Å². The molecule has 2 heterocycles. The topological polar surface area (TPSA) is 109 Å². The van der Waals surface area contributed by atoms with Crippen molar-refractivity contribution in [3.8, 4) is 23.0 Å². The Labute approximate surface area is 236 Å². The highest BCUT2D eigenvalue weighted by molar-refractivity contribution is 7.07. The van der Waals surface area contributed by atoms with Crippen molar-refractivity contribution in [2.24, 2.45) is 10.9 Å². The lowest BCUT2D eigenvalue weighted by Crippen LogP contribution is -2.40. The molecule has 0 bridgehead atoms. The van der Waals surface area contributed by atoms with Gasteiger partial charge in [-0.2, -0.15) is 0 Å². The van der Waals surface area contributed by atoms with Crippen molar-refractivity contribution < 1.29 is 28.8 Å². The molecular weight excluding hydrogens is 532 g/mol. The minimum absolute atomic E-state index is 0.00129. The number of phenolic OH excluding ortho intramolecular Hbond substituents is 1. The zero-order chi connectivity index (χ0) is 29.0. The Kier molecular flexibility index (Phi) is 8.99. The van der Waals surface area contributed by atoms with Crippen LogP contribution in [-0.4, -0.2) is 43.1 Å². The highest BCUT2D eigenvalue weighted by atomic mass is 32.1. The van der Waals surface area contributed by atoms with Gasteiger partial charge in [0.1, 0.15) is 0 Å². The van der Waals surface area contributed by atoms with Crippen LogP contribution < -0.4 is 29.1 Å². The second-order valence-corrected chi connectivity index (χ2v) is 10.7. The lowest BCUT2D eigenvalue weighted by Gasteiger charge is -2.25. The zero-order valence-electron chi connectivity index (χ0n) is 23.5. The molecule has 0 amide bonds. The standard InChI is InChI=1S/C30H34N2O7S/c1-7-38-29(35)26-18(4)31-30-32(28(34)25(40-30)15-19-8-10-21(33)23(14-19)36-5)27(26)20-9-11-22(24(16-20)37-6)39-13-12-17(2)3/h8-11,14-17,27,33H,7,12-13H2,1-6H3/b25-15-. The molecule has 4 rings (SSSR count). The third-order valence-electron chi connectivity index (χ3n) is 6.47. The van der Waals surface area contributed by atoms with Gasteiger partial charge in [-0.05, 0) is 67.7 Å². The molecule has 1 aromatic heterocycles. The monoisotopic (exact) mass is 566 g/mol. The van der Waals surface area contributed by atoms with E-state index in [4.69, 9.17) is 18.9 Å². The van der Waals surface area contributed by atoms with Gasteiger partial charge in [0.15, 0.2) is 27.8 Å². The summed E-state index contributed by atoms with van der Waals surface area (Å²) >= 11 is 1.21. The molecule has 0 spiro atoms. The normalized spacial score (nSPS) is 15.1. The van der Waals surface area contributed by atoms with Gasteiger partial charge in [-0.15, -0.1) is 0 Å². The van der Waals surface area contributed by atoms with E-state index in [0.717, 1.165) is 6.42 Å². The number of aromatic hydroxyl groups is 1. The SMILES string of the molecule is CCOC(=O)C1=C(C)N=c2s/c(=C\c3ccc(O)c(OC)c3)c(=O)n2C1c1ccc(OCCC(C)C)c(OC)c1. The Bertz CT molecular complexity index is 1620. The third kappa shape index (κ3) is 5.91. The number of allylic oxidation sites excluding steroid dienone is 1. The molecule has 3 aromatic rings. The average Bonchev–Trinajstić information content (AvgIpc) is 3.22. The van der Waals surface area contributed by atoms with Crippen molar-refractivity contribution in [1.29, 1.82) is 0 Å². The van der Waals surface area contributed by atoms with E-state index in [1.54, 1.807) is 51.3 Å². The maximum Gasteiger partial charge on any atom is 0.338 e. The van der Waals surface area contributed by atoms with E-state index < -0.39 is 12.0 Å². The number of hydrogen-bond acceptors (Lipinski definition) is 9. The maximum atomic E-state index is 13.9. The number of carbonyl (C=O) groups is 1. The van der Waals surface area contributed by atoms with Crippen LogP contribution >= 0.6 is 11.3 Å². The summed E-state index contributed by atoms with van der Waals surface area (Å²) in [4.78, 5) is 32.1. The predicted molar refractivity (Wildman–Crippen MR) is 153 cm³/mol. The summed E-state index contributed by atoms with van der Waals surface area (Å²) in [7, 11) is 3.01. The molecule has 40 heavy (non-hydrogen) atoms. The fourth-order valence-corrected chi connectivity index (χ4v) is 5.47. The fourth-order valence-electron chi connectivity index (χ4n) is 4.42. The number of aromatic nitrogens is 1. The lowest BCUT2D eigenvalue weighted by molar-refractivity contribution is -0.139. The molecule has 1 aliphatic heterocycles. The molecule has 0 saturated heterocycles. The van der Waals surface area contributed by atoms with E-state index in [0.29, 0.717) is 55.9 Å². The fraction of sp³-hybridized carbons (Fsp3) is 0.367. The highest BCUT2D eigenvalue weighted by Crippen LogP contribution is 2.36. The number of methoxy groups -OCH3 is 2. The number of ether oxygens (including phenoxy) is 4. The van der Waals surface area contributed by atoms with Gasteiger partial charge in [0.05, 0.1) is 49.3 Å². The number of phenols is 1. The molecule has 1 N–H and O–H groups in total. The van der Waals surface area contributed by atoms with Crippen molar-refractivity contribution >= 4 is 23.4 Å². The Morgan fingerprint density at radius 2 is 1.88 bits per heavy atom. The minimum Gasteiger partial charge on any atom is -0.504 e. The van der Waals surface area contributed by atoms with Crippen LogP contribution in [0.1, 0.15) is 51.3 Å². The number of esters is 1. The smallest absolute Gasteiger partial charge is 0.338 e. The quantitative estimate of drug-likeness (QED) is 0.370. The van der Waals surface area contributed by atoms with E-state index in [1.807, 2.05) is 6.07 Å². The second-order valence-electron chi connectivity index (χ2n) is 9.67. The summed E-state index contributed by atoms with van der Waals surface area (Å²) in [5.41, 5.74) is 1.76. The van der Waals surface area contributed by atoms with Gasteiger partial charge in [-0.25, -0.2) is 9.79 Å². The number of hydrogen-bond donors (Lipinski definition) is 1. The van der Waals surface area contributed by atoms with Crippen LogP contribution in [-0.2, 0) is 9.53 Å². The third-order valence-corrected chi connectivity index (χ3v) is 7.46. The Balaban J connectivity index is 1.87. The first-order valence-electron chi connectivity index (χ1n) is 13.1. The van der Waals surface area contributed by atoms with Crippen molar-refractivity contribution in [1.82, 2.24) is 4.57 Å². The van der Waals surface area contributed by atoms with E-state index in [1.165, 1.54) is 29.1 Å². The summed E-state index contributed by atoms with van der Waals surface area (Å²) in [6, 6.07) is 9.46. The first kappa shape index (κ1) is 28.9. The number of nitrogens with zero attached hydrogens (tertiary/aromatic N) is 2. The molecule has 2 aromatic carbocycles. The maximum absolute atomic E-state index is 13.9. The summed E-state index contributed by atoms with van der Waals surface area (Å²) in [5.74, 6) is 1.33. The number of rotatable bonds is 10. The lowest BCUT2D eigenvalue weighted by atomic mass is 9.95. The van der Waals surface area contributed by atoms with Gasteiger partial charge < -0.3 is 24.1 Å². The van der Waals surface area contributed by atoms with Crippen LogP contribution in [0.15, 0.2) is 57.5 Å². The van der Waals surface area contributed by atoms with Crippen molar-refractivity contribution in [3.63, 3.8) is 0 Å². The Morgan fingerprint density at radius 3 is 2.55 bits per heavy atom. The summed E-state index contributed by atoms with van der Waals surface area (Å²) in [6.45, 7) is 8.45.